The summed E-state index contributed by atoms with van der Waals surface area (Å²) in [7, 11) is 6.73. The van der Waals surface area contributed by atoms with Crippen LogP contribution in [0.25, 0.3) is 0 Å². The normalized spacial score (nSPS) is 10.3. The first-order chi connectivity index (χ1) is 23.7. The van der Waals surface area contributed by atoms with Gasteiger partial charge in [-0.3, -0.25) is 0 Å². The number of carbonyl (C=O) groups is 4. The SMILES string of the molecule is CC(C)(C)OC(=O)NCc1cccc(N)c1.CN(C)C(=O)Nc1cccc(CN)c1.CN(C)C(=O)Nc1cccc(CNC(=O)OC(C)(C)C)c1.Cl. The monoisotopic (exact) mass is 744 g/mol. The number of nitrogens with two attached hydrogens (primary N) is 2. The van der Waals surface area contributed by atoms with E-state index in [1.165, 1.54) is 9.80 Å². The summed E-state index contributed by atoms with van der Waals surface area (Å²) >= 11 is 0. The second kappa shape index (κ2) is 22.6. The molecule has 3 aromatic carbocycles. The number of benzene rings is 3. The van der Waals surface area contributed by atoms with Crippen LogP contribution < -0.4 is 32.7 Å². The number of ether oxygens (including phenoxy) is 2. The molecule has 0 bridgehead atoms. The summed E-state index contributed by atoms with van der Waals surface area (Å²) in [5.74, 6) is 0. The molecule has 0 radical (unpaired) electrons. The van der Waals surface area contributed by atoms with Crippen LogP contribution in [0.2, 0.25) is 0 Å². The Hall–Kier alpha value is -5.21. The van der Waals surface area contributed by atoms with E-state index < -0.39 is 23.4 Å². The molecule has 52 heavy (non-hydrogen) atoms. The van der Waals surface area contributed by atoms with Crippen molar-refractivity contribution >= 4 is 53.7 Å². The third-order valence-corrected chi connectivity index (χ3v) is 6.03. The Morgan fingerprint density at radius 2 is 0.981 bits per heavy atom. The minimum Gasteiger partial charge on any atom is -0.444 e. The van der Waals surface area contributed by atoms with Crippen molar-refractivity contribution in [2.24, 2.45) is 5.73 Å². The fourth-order valence-electron chi connectivity index (χ4n) is 3.69. The summed E-state index contributed by atoms with van der Waals surface area (Å²) in [6.07, 6.45) is -0.889. The van der Waals surface area contributed by atoms with Gasteiger partial charge in [0.05, 0.1) is 0 Å². The van der Waals surface area contributed by atoms with Crippen LogP contribution in [0.4, 0.5) is 36.2 Å². The van der Waals surface area contributed by atoms with Gasteiger partial charge in [-0.25, -0.2) is 19.2 Å². The van der Waals surface area contributed by atoms with Crippen molar-refractivity contribution in [3.05, 3.63) is 89.5 Å². The minimum absolute atomic E-state index is 0. The molecule has 6 amide bonds. The van der Waals surface area contributed by atoms with Gasteiger partial charge in [-0.05, 0) is 94.6 Å². The molecule has 0 aliphatic rings. The second-order valence-electron chi connectivity index (χ2n) is 13.7. The minimum atomic E-state index is -0.522. The molecule has 8 N–H and O–H groups in total. The molecular formula is C37H57ClN8O6. The number of amides is 6. The Bertz CT molecular complexity index is 1570. The van der Waals surface area contributed by atoms with Gasteiger partial charge in [-0.1, -0.05) is 36.4 Å². The summed E-state index contributed by atoms with van der Waals surface area (Å²) in [6, 6.07) is 21.8. The van der Waals surface area contributed by atoms with Crippen LogP contribution in [0.1, 0.15) is 58.2 Å². The van der Waals surface area contributed by atoms with Crippen LogP contribution in [0.3, 0.4) is 0 Å². The first-order valence-electron chi connectivity index (χ1n) is 16.3. The highest BCUT2D eigenvalue weighted by atomic mass is 35.5. The summed E-state index contributed by atoms with van der Waals surface area (Å²) in [5.41, 5.74) is 15.1. The van der Waals surface area contributed by atoms with E-state index in [2.05, 4.69) is 21.3 Å². The lowest BCUT2D eigenvalue weighted by Crippen LogP contribution is -2.32. The van der Waals surface area contributed by atoms with Crippen molar-refractivity contribution in [1.82, 2.24) is 20.4 Å². The summed E-state index contributed by atoms with van der Waals surface area (Å²) in [5, 5.41) is 10.8. The smallest absolute Gasteiger partial charge is 0.407 e. The van der Waals surface area contributed by atoms with E-state index in [0.29, 0.717) is 31.0 Å². The lowest BCUT2D eigenvalue weighted by Gasteiger charge is -2.19. The number of anilines is 3. The van der Waals surface area contributed by atoms with Gasteiger partial charge in [0.1, 0.15) is 11.2 Å². The number of rotatable bonds is 7. The van der Waals surface area contributed by atoms with E-state index in [1.54, 1.807) is 46.4 Å². The van der Waals surface area contributed by atoms with Crippen LogP contribution in [0.15, 0.2) is 72.8 Å². The Morgan fingerprint density at radius 3 is 1.35 bits per heavy atom. The molecule has 0 aromatic heterocycles. The molecule has 0 unspecified atom stereocenters. The maximum atomic E-state index is 11.6. The predicted molar refractivity (Wildman–Crippen MR) is 210 cm³/mol. The van der Waals surface area contributed by atoms with Crippen molar-refractivity contribution in [2.45, 2.75) is 72.4 Å². The Morgan fingerprint density at radius 1 is 0.615 bits per heavy atom. The average molecular weight is 745 g/mol. The van der Waals surface area contributed by atoms with Gasteiger partial charge < -0.3 is 52.0 Å². The molecule has 3 rings (SSSR count). The van der Waals surface area contributed by atoms with Crippen LogP contribution in [-0.4, -0.2) is 73.4 Å². The van der Waals surface area contributed by atoms with Gasteiger partial charge in [0.15, 0.2) is 0 Å². The molecule has 0 aliphatic carbocycles. The highest BCUT2D eigenvalue weighted by Crippen LogP contribution is 2.13. The fraction of sp³-hybridized carbons (Fsp3) is 0.405. The third kappa shape index (κ3) is 21.8. The third-order valence-electron chi connectivity index (χ3n) is 6.03. The molecule has 288 valence electrons. The van der Waals surface area contributed by atoms with E-state index in [-0.39, 0.29) is 24.5 Å². The lowest BCUT2D eigenvalue weighted by atomic mass is 10.2. The maximum Gasteiger partial charge on any atom is 0.407 e. The zero-order valence-corrected chi connectivity index (χ0v) is 32.8. The van der Waals surface area contributed by atoms with E-state index in [4.69, 9.17) is 20.9 Å². The van der Waals surface area contributed by atoms with Crippen LogP contribution >= 0.6 is 12.4 Å². The number of urea groups is 2. The maximum absolute atomic E-state index is 11.6. The Balaban J connectivity index is 0.000000760. The van der Waals surface area contributed by atoms with E-state index in [1.807, 2.05) is 96.1 Å². The van der Waals surface area contributed by atoms with Crippen LogP contribution in [-0.2, 0) is 29.1 Å². The molecule has 0 aliphatic heterocycles. The highest BCUT2D eigenvalue weighted by Gasteiger charge is 2.16. The quantitative estimate of drug-likeness (QED) is 0.143. The van der Waals surface area contributed by atoms with Gasteiger partial charge in [-0.2, -0.15) is 0 Å². The topological polar surface area (TPSA) is 193 Å². The molecule has 0 saturated heterocycles. The van der Waals surface area contributed by atoms with Crippen molar-refractivity contribution < 1.29 is 28.7 Å². The summed E-state index contributed by atoms with van der Waals surface area (Å²) in [6.45, 7) is 12.1. The number of nitrogen functional groups attached to an aromatic ring is 1. The molecule has 0 fully saturated rings. The molecule has 0 saturated carbocycles. The van der Waals surface area contributed by atoms with Crippen molar-refractivity contribution in [3.63, 3.8) is 0 Å². The Labute approximate surface area is 314 Å². The molecule has 0 heterocycles. The van der Waals surface area contributed by atoms with E-state index in [0.717, 1.165) is 22.4 Å². The molecular weight excluding hydrogens is 688 g/mol. The van der Waals surface area contributed by atoms with E-state index in [9.17, 15) is 19.2 Å². The molecule has 3 aromatic rings. The number of hydrogen-bond acceptors (Lipinski definition) is 8. The number of halogens is 1. The lowest BCUT2D eigenvalue weighted by molar-refractivity contribution is 0.0512. The van der Waals surface area contributed by atoms with E-state index >= 15 is 0 Å². The standard InChI is InChI=1S/C15H23N3O3.C12H18N2O2.C10H15N3O.ClH/c1-15(2,3)21-14(20)16-10-11-7-6-8-12(9-11)17-13(19)18(4)5;1-12(2,3)16-11(15)14-8-9-5-4-6-10(13)7-9;1-13(2)10(14)12-9-5-3-4-8(6-9)7-11;/h6-9H,10H2,1-5H3,(H,16,20)(H,17,19);4-7H,8,13H2,1-3H3,(H,14,15);3-6H,7,11H2,1-2H3,(H,12,14);1H. The zero-order chi connectivity index (χ0) is 38.8. The zero-order valence-electron chi connectivity index (χ0n) is 32.0. The number of nitrogens with one attached hydrogen (secondary N) is 4. The first-order valence-corrected chi connectivity index (χ1v) is 16.3. The van der Waals surface area contributed by atoms with Crippen LogP contribution in [0.5, 0.6) is 0 Å². The largest absolute Gasteiger partial charge is 0.444 e. The summed E-state index contributed by atoms with van der Waals surface area (Å²) in [4.78, 5) is 48.7. The average Bonchev–Trinajstić information content (AvgIpc) is 3.02. The molecule has 0 spiro atoms. The van der Waals surface area contributed by atoms with Crippen LogP contribution in [0, 0.1) is 0 Å². The highest BCUT2D eigenvalue weighted by molar-refractivity contribution is 5.89. The number of hydrogen-bond donors (Lipinski definition) is 6. The second-order valence-corrected chi connectivity index (χ2v) is 13.7. The Kier molecular flexibility index (Phi) is 20.3. The first kappa shape index (κ1) is 46.8. The predicted octanol–water partition coefficient (Wildman–Crippen LogP) is 6.76. The number of alkyl carbamates (subject to hydrolysis) is 2. The molecule has 14 nitrogen and oxygen atoms in total. The van der Waals surface area contributed by atoms with Crippen molar-refractivity contribution in [3.8, 4) is 0 Å². The van der Waals surface area contributed by atoms with Gasteiger partial charge in [-0.15, -0.1) is 12.4 Å². The summed E-state index contributed by atoms with van der Waals surface area (Å²) < 4.78 is 10.3. The molecule has 0 atom stereocenters. The molecule has 15 heteroatoms. The van der Waals surface area contributed by atoms with Gasteiger partial charge in [0, 0.05) is 64.9 Å². The number of carbonyl (C=O) groups excluding carboxylic acids is 4. The fourth-order valence-corrected chi connectivity index (χ4v) is 3.69. The van der Waals surface area contributed by atoms with Crippen molar-refractivity contribution in [2.75, 3.05) is 44.6 Å². The van der Waals surface area contributed by atoms with Crippen molar-refractivity contribution in [1.29, 1.82) is 0 Å². The van der Waals surface area contributed by atoms with Gasteiger partial charge in [0.2, 0.25) is 0 Å². The van der Waals surface area contributed by atoms with Gasteiger partial charge in [0.25, 0.3) is 0 Å². The van der Waals surface area contributed by atoms with Gasteiger partial charge >= 0.3 is 24.2 Å². The number of nitrogens with zero attached hydrogens (tertiary/aromatic N) is 2.